The molecular weight excluding hydrogens is 399 g/mol. The average molecular weight is 409 g/mol. The molecule has 2 heterocycles. The second-order valence-corrected chi connectivity index (χ2v) is 7.00. The van der Waals surface area contributed by atoms with Gasteiger partial charge in [0.15, 0.2) is 11.5 Å². The Morgan fingerprint density at radius 3 is 2.73 bits per heavy atom. The van der Waals surface area contributed by atoms with Gasteiger partial charge in [-0.3, -0.25) is 5.32 Å². The van der Waals surface area contributed by atoms with Gasteiger partial charge in [-0.25, -0.2) is 4.79 Å². The maximum absolute atomic E-state index is 12.1. The van der Waals surface area contributed by atoms with Crippen LogP contribution in [0.3, 0.4) is 0 Å². The largest absolute Gasteiger partial charge is 0.454 e. The molecule has 0 saturated carbocycles. The van der Waals surface area contributed by atoms with E-state index in [9.17, 15) is 4.79 Å². The summed E-state index contributed by atoms with van der Waals surface area (Å²) in [4.78, 5) is 12.1. The molecule has 1 aromatic heterocycles. The lowest BCUT2D eigenvalue weighted by molar-refractivity contribution is 0.174. The zero-order valence-corrected chi connectivity index (χ0v) is 15.3. The van der Waals surface area contributed by atoms with Gasteiger partial charge in [0.05, 0.1) is 10.7 Å². The summed E-state index contributed by atoms with van der Waals surface area (Å²) in [7, 11) is 0. The first-order valence-electron chi connectivity index (χ1n) is 7.35. The number of carbonyl (C=O) groups is 1. The average Bonchev–Trinajstić information content (AvgIpc) is 3.25. The number of urea groups is 1. The smallest absolute Gasteiger partial charge is 0.325 e. The Hall–Kier alpha value is -2.55. The molecular formula is C16H10Cl2N4O3S. The Balaban J connectivity index is 1.45. The van der Waals surface area contributed by atoms with Gasteiger partial charge in [0.25, 0.3) is 0 Å². The first kappa shape index (κ1) is 16.9. The van der Waals surface area contributed by atoms with E-state index in [1.54, 1.807) is 24.3 Å². The fourth-order valence-electron chi connectivity index (χ4n) is 2.26. The minimum Gasteiger partial charge on any atom is -0.454 e. The van der Waals surface area contributed by atoms with Crippen LogP contribution in [0.5, 0.6) is 11.5 Å². The molecule has 0 unspecified atom stereocenters. The Morgan fingerprint density at radius 1 is 1.04 bits per heavy atom. The molecule has 0 saturated heterocycles. The minimum absolute atomic E-state index is 0.204. The van der Waals surface area contributed by atoms with Crippen LogP contribution in [0.4, 0.5) is 15.6 Å². The van der Waals surface area contributed by atoms with Crippen LogP contribution < -0.4 is 20.1 Å². The maximum atomic E-state index is 12.1. The molecule has 4 rings (SSSR count). The van der Waals surface area contributed by atoms with Crippen molar-refractivity contribution in [2.75, 3.05) is 17.4 Å². The highest BCUT2D eigenvalue weighted by molar-refractivity contribution is 7.18. The number of nitrogens with zero attached hydrogens (tertiary/aromatic N) is 2. The molecule has 0 radical (unpaired) electrons. The number of carbonyl (C=O) groups excluding carboxylic acids is 1. The monoisotopic (exact) mass is 408 g/mol. The SMILES string of the molecule is O=C(Nc1nnc(-c2ccc3c(c2)OCO3)s1)Nc1ccc(Cl)cc1Cl. The normalized spacial score (nSPS) is 12.1. The summed E-state index contributed by atoms with van der Waals surface area (Å²) in [6, 6.07) is 9.78. The quantitative estimate of drug-likeness (QED) is 0.644. The summed E-state index contributed by atoms with van der Waals surface area (Å²) in [5.41, 5.74) is 1.26. The Labute approximate surface area is 161 Å². The lowest BCUT2D eigenvalue weighted by atomic mass is 10.2. The Bertz CT molecular complexity index is 995. The van der Waals surface area contributed by atoms with Crippen LogP contribution in [0.15, 0.2) is 36.4 Å². The van der Waals surface area contributed by atoms with Gasteiger partial charge < -0.3 is 14.8 Å². The molecule has 2 aromatic carbocycles. The molecule has 26 heavy (non-hydrogen) atoms. The van der Waals surface area contributed by atoms with E-state index in [0.717, 1.165) is 5.56 Å². The molecule has 7 nitrogen and oxygen atoms in total. The number of hydrogen-bond acceptors (Lipinski definition) is 6. The van der Waals surface area contributed by atoms with Crippen molar-refractivity contribution >= 4 is 51.4 Å². The van der Waals surface area contributed by atoms with Crippen LogP contribution in [-0.4, -0.2) is 23.0 Å². The topological polar surface area (TPSA) is 85.4 Å². The first-order valence-corrected chi connectivity index (χ1v) is 8.92. The van der Waals surface area contributed by atoms with Crippen LogP contribution in [0.1, 0.15) is 0 Å². The molecule has 1 aliphatic rings. The molecule has 1 aliphatic heterocycles. The van der Waals surface area contributed by atoms with Crippen LogP contribution in [0.25, 0.3) is 10.6 Å². The van der Waals surface area contributed by atoms with Gasteiger partial charge in [0.2, 0.25) is 11.9 Å². The van der Waals surface area contributed by atoms with Crippen LogP contribution >= 0.6 is 34.5 Å². The van der Waals surface area contributed by atoms with E-state index in [1.165, 1.54) is 11.3 Å². The van der Waals surface area contributed by atoms with Crippen molar-refractivity contribution < 1.29 is 14.3 Å². The molecule has 132 valence electrons. The summed E-state index contributed by atoms with van der Waals surface area (Å²) in [6.07, 6.45) is 0. The van der Waals surface area contributed by atoms with E-state index < -0.39 is 6.03 Å². The maximum Gasteiger partial charge on any atom is 0.325 e. The van der Waals surface area contributed by atoms with E-state index in [2.05, 4.69) is 20.8 Å². The molecule has 0 spiro atoms. The van der Waals surface area contributed by atoms with Crippen molar-refractivity contribution in [1.29, 1.82) is 0 Å². The predicted molar refractivity (Wildman–Crippen MR) is 101 cm³/mol. The van der Waals surface area contributed by atoms with Gasteiger partial charge in [0.1, 0.15) is 5.01 Å². The van der Waals surface area contributed by atoms with E-state index >= 15 is 0 Å². The number of fused-ring (bicyclic) bond motifs is 1. The number of nitrogens with one attached hydrogen (secondary N) is 2. The van der Waals surface area contributed by atoms with Gasteiger partial charge >= 0.3 is 6.03 Å². The van der Waals surface area contributed by atoms with Gasteiger partial charge in [-0.05, 0) is 36.4 Å². The zero-order chi connectivity index (χ0) is 18.1. The molecule has 3 aromatic rings. The lowest BCUT2D eigenvalue weighted by Crippen LogP contribution is -2.19. The molecule has 0 atom stereocenters. The highest BCUT2D eigenvalue weighted by Gasteiger charge is 2.16. The Morgan fingerprint density at radius 2 is 1.88 bits per heavy atom. The molecule has 10 heteroatoms. The number of amides is 2. The molecule has 0 fully saturated rings. The molecule has 0 bridgehead atoms. The summed E-state index contributed by atoms with van der Waals surface area (Å²) in [5.74, 6) is 1.35. The van der Waals surface area contributed by atoms with Crippen LogP contribution in [-0.2, 0) is 0 Å². The highest BCUT2D eigenvalue weighted by Crippen LogP contribution is 2.37. The minimum atomic E-state index is -0.484. The second-order valence-electron chi connectivity index (χ2n) is 5.18. The van der Waals surface area contributed by atoms with Crippen LogP contribution in [0.2, 0.25) is 10.0 Å². The third kappa shape index (κ3) is 3.52. The standard InChI is InChI=1S/C16H10Cl2N4O3S/c17-9-2-3-11(10(18)6-9)19-15(23)20-16-22-21-14(26-16)8-1-4-12-13(5-8)25-7-24-12/h1-6H,7H2,(H2,19,20,22,23). The molecule has 0 aliphatic carbocycles. The second kappa shape index (κ2) is 6.99. The number of rotatable bonds is 3. The number of aromatic nitrogens is 2. The lowest BCUT2D eigenvalue weighted by Gasteiger charge is -2.07. The number of anilines is 2. The van der Waals surface area contributed by atoms with Crippen molar-refractivity contribution in [2.24, 2.45) is 0 Å². The number of halogens is 2. The van der Waals surface area contributed by atoms with Crippen LogP contribution in [0, 0.1) is 0 Å². The van der Waals surface area contributed by atoms with Crippen molar-refractivity contribution in [2.45, 2.75) is 0 Å². The summed E-state index contributed by atoms with van der Waals surface area (Å²) < 4.78 is 10.6. The first-order chi connectivity index (χ1) is 12.6. The number of benzene rings is 2. The van der Waals surface area contributed by atoms with E-state index in [4.69, 9.17) is 32.7 Å². The van der Waals surface area contributed by atoms with Gasteiger partial charge in [-0.15, -0.1) is 10.2 Å². The van der Waals surface area contributed by atoms with E-state index in [1.807, 2.05) is 12.1 Å². The summed E-state index contributed by atoms with van der Waals surface area (Å²) in [5, 5.41) is 15.1. The van der Waals surface area contributed by atoms with E-state index in [-0.39, 0.29) is 6.79 Å². The van der Waals surface area contributed by atoms with Crippen molar-refractivity contribution in [3.05, 3.63) is 46.4 Å². The summed E-state index contributed by atoms with van der Waals surface area (Å²) in [6.45, 7) is 0.204. The van der Waals surface area contributed by atoms with Gasteiger partial charge in [-0.1, -0.05) is 34.5 Å². The van der Waals surface area contributed by atoms with Crippen molar-refractivity contribution in [3.63, 3.8) is 0 Å². The number of hydrogen-bond donors (Lipinski definition) is 2. The van der Waals surface area contributed by atoms with Gasteiger partial charge in [-0.2, -0.15) is 0 Å². The van der Waals surface area contributed by atoms with Gasteiger partial charge in [0, 0.05) is 10.6 Å². The predicted octanol–water partition coefficient (Wildman–Crippen LogP) is 4.88. The summed E-state index contributed by atoms with van der Waals surface area (Å²) >= 11 is 13.1. The number of ether oxygens (including phenoxy) is 2. The fourth-order valence-corrected chi connectivity index (χ4v) is 3.45. The van der Waals surface area contributed by atoms with Crippen molar-refractivity contribution in [1.82, 2.24) is 10.2 Å². The Kier molecular flexibility index (Phi) is 4.54. The highest BCUT2D eigenvalue weighted by atomic mass is 35.5. The third-order valence-electron chi connectivity index (χ3n) is 3.44. The van der Waals surface area contributed by atoms with Crippen molar-refractivity contribution in [3.8, 4) is 22.1 Å². The van der Waals surface area contributed by atoms with E-state index in [0.29, 0.717) is 37.4 Å². The molecule has 2 amide bonds. The molecule has 2 N–H and O–H groups in total. The third-order valence-corrected chi connectivity index (χ3v) is 4.88. The fraction of sp³-hybridized carbons (Fsp3) is 0.0625. The zero-order valence-electron chi connectivity index (χ0n) is 13.0.